The lowest BCUT2D eigenvalue weighted by molar-refractivity contribution is 0.0526. The van der Waals surface area contributed by atoms with Crippen LogP contribution in [-0.2, 0) is 11.3 Å². The van der Waals surface area contributed by atoms with E-state index in [1.807, 2.05) is 31.2 Å². The number of ether oxygens (including phenoxy) is 1. The van der Waals surface area contributed by atoms with Crippen molar-refractivity contribution >= 4 is 18.4 Å². The molecule has 2 rings (SSSR count). The van der Waals surface area contributed by atoms with Gasteiger partial charge in [0.15, 0.2) is 0 Å². The zero-order valence-electron chi connectivity index (χ0n) is 14.0. The number of carbonyl (C=O) groups excluding carboxylic acids is 1. The first-order valence-corrected chi connectivity index (χ1v) is 7.88. The van der Waals surface area contributed by atoms with Crippen LogP contribution >= 0.6 is 12.4 Å². The van der Waals surface area contributed by atoms with E-state index in [9.17, 15) is 4.79 Å². The van der Waals surface area contributed by atoms with Crippen molar-refractivity contribution in [3.8, 4) is 11.3 Å². The van der Waals surface area contributed by atoms with E-state index in [1.165, 1.54) is 0 Å². The summed E-state index contributed by atoms with van der Waals surface area (Å²) in [4.78, 5) is 11.6. The van der Waals surface area contributed by atoms with E-state index in [1.54, 1.807) is 19.1 Å². The molecule has 0 bridgehead atoms. The predicted octanol–water partition coefficient (Wildman–Crippen LogP) is 3.41. The third kappa shape index (κ3) is 5.37. The second-order valence-electron chi connectivity index (χ2n) is 5.23. The molecule has 1 atom stereocenters. The number of esters is 1. The first-order valence-electron chi connectivity index (χ1n) is 7.88. The summed E-state index contributed by atoms with van der Waals surface area (Å²) in [5, 5.41) is 12.4. The van der Waals surface area contributed by atoms with E-state index in [0.29, 0.717) is 18.7 Å². The third-order valence-electron chi connectivity index (χ3n) is 3.62. The van der Waals surface area contributed by atoms with Gasteiger partial charge in [0.05, 0.1) is 25.3 Å². The minimum Gasteiger partial charge on any atom is -0.462 e. The molecular formula is C18H24ClNO4. The molecule has 0 aliphatic heterocycles. The molecule has 2 N–H and O–H groups in total. The molecule has 0 radical (unpaired) electrons. The quantitative estimate of drug-likeness (QED) is 0.711. The molecule has 0 fully saturated rings. The van der Waals surface area contributed by atoms with Gasteiger partial charge in [0.1, 0.15) is 11.5 Å². The van der Waals surface area contributed by atoms with Crippen LogP contribution in [0.15, 0.2) is 40.8 Å². The largest absolute Gasteiger partial charge is 0.462 e. The van der Waals surface area contributed by atoms with Crippen molar-refractivity contribution in [1.82, 2.24) is 5.32 Å². The number of halogens is 1. The highest BCUT2D eigenvalue weighted by Gasteiger charge is 2.10. The molecule has 0 amide bonds. The zero-order chi connectivity index (χ0) is 16.7. The standard InChI is InChI=1S/C18H23NO4.ClH/c1-3-15(12-20)19-11-16-9-10-17(23-16)13-5-7-14(8-6-13)18(21)22-4-2;/h5-10,15,19-20H,3-4,11-12H2,1-2H3;1H. The molecule has 0 aliphatic carbocycles. The topological polar surface area (TPSA) is 71.7 Å². The lowest BCUT2D eigenvalue weighted by atomic mass is 10.1. The molecule has 0 saturated heterocycles. The van der Waals surface area contributed by atoms with E-state index in [2.05, 4.69) is 5.32 Å². The molecule has 1 heterocycles. The van der Waals surface area contributed by atoms with Crippen LogP contribution in [0.2, 0.25) is 0 Å². The van der Waals surface area contributed by atoms with Gasteiger partial charge in [0.25, 0.3) is 0 Å². The normalized spacial score (nSPS) is 11.6. The predicted molar refractivity (Wildman–Crippen MR) is 95.4 cm³/mol. The molecule has 5 nitrogen and oxygen atoms in total. The fraction of sp³-hybridized carbons (Fsp3) is 0.389. The van der Waals surface area contributed by atoms with Crippen molar-refractivity contribution in [3.05, 3.63) is 47.7 Å². The monoisotopic (exact) mass is 353 g/mol. The molecule has 132 valence electrons. The highest BCUT2D eigenvalue weighted by atomic mass is 35.5. The Labute approximate surface area is 148 Å². The fourth-order valence-electron chi connectivity index (χ4n) is 2.20. The number of carbonyl (C=O) groups is 1. The van der Waals surface area contributed by atoms with Gasteiger partial charge < -0.3 is 19.6 Å². The van der Waals surface area contributed by atoms with E-state index in [0.717, 1.165) is 23.5 Å². The Kier molecular flexibility index (Phi) is 8.54. The van der Waals surface area contributed by atoms with Crippen LogP contribution in [-0.4, -0.2) is 30.3 Å². The van der Waals surface area contributed by atoms with Gasteiger partial charge >= 0.3 is 5.97 Å². The molecule has 0 saturated carbocycles. The van der Waals surface area contributed by atoms with Crippen molar-refractivity contribution in [2.75, 3.05) is 13.2 Å². The lowest BCUT2D eigenvalue weighted by Gasteiger charge is -2.12. The first kappa shape index (κ1) is 20.2. The summed E-state index contributed by atoms with van der Waals surface area (Å²) in [6.07, 6.45) is 0.861. The van der Waals surface area contributed by atoms with Crippen LogP contribution < -0.4 is 5.32 Å². The van der Waals surface area contributed by atoms with Crippen LogP contribution in [0, 0.1) is 0 Å². The number of benzene rings is 1. The second-order valence-corrected chi connectivity index (χ2v) is 5.23. The number of aliphatic hydroxyl groups excluding tert-OH is 1. The maximum Gasteiger partial charge on any atom is 0.338 e. The van der Waals surface area contributed by atoms with Gasteiger partial charge in [0, 0.05) is 11.6 Å². The SMILES string of the molecule is CCOC(=O)c1ccc(-c2ccc(CNC(CC)CO)o2)cc1.Cl. The second kappa shape index (κ2) is 10.1. The average molecular weight is 354 g/mol. The van der Waals surface area contributed by atoms with Crippen molar-refractivity contribution in [2.24, 2.45) is 0 Å². The maximum absolute atomic E-state index is 11.6. The van der Waals surface area contributed by atoms with Crippen molar-refractivity contribution in [3.63, 3.8) is 0 Å². The molecule has 2 aromatic rings. The number of hydrogen-bond acceptors (Lipinski definition) is 5. The van der Waals surface area contributed by atoms with Gasteiger partial charge in [-0.15, -0.1) is 12.4 Å². The van der Waals surface area contributed by atoms with Gasteiger partial charge in [-0.3, -0.25) is 0 Å². The molecule has 24 heavy (non-hydrogen) atoms. The number of hydrogen-bond donors (Lipinski definition) is 2. The summed E-state index contributed by atoms with van der Waals surface area (Å²) in [6, 6.07) is 11.0. The van der Waals surface area contributed by atoms with Gasteiger partial charge in [0.2, 0.25) is 0 Å². The van der Waals surface area contributed by atoms with Crippen LogP contribution in [0.3, 0.4) is 0 Å². The van der Waals surface area contributed by atoms with E-state index < -0.39 is 0 Å². The van der Waals surface area contributed by atoms with Crippen molar-refractivity contribution in [2.45, 2.75) is 32.9 Å². The first-order chi connectivity index (χ1) is 11.2. The minimum atomic E-state index is -0.321. The molecule has 0 aliphatic rings. The molecule has 0 spiro atoms. The summed E-state index contributed by atoms with van der Waals surface area (Å²) in [7, 11) is 0. The number of aliphatic hydroxyl groups is 1. The Morgan fingerprint density at radius 1 is 1.21 bits per heavy atom. The lowest BCUT2D eigenvalue weighted by Crippen LogP contribution is -2.30. The summed E-state index contributed by atoms with van der Waals surface area (Å²) in [5.41, 5.74) is 1.43. The minimum absolute atomic E-state index is 0. The van der Waals surface area contributed by atoms with Gasteiger partial charge in [-0.1, -0.05) is 19.1 Å². The molecule has 1 aromatic heterocycles. The maximum atomic E-state index is 11.6. The summed E-state index contributed by atoms with van der Waals surface area (Å²) >= 11 is 0. The molecule has 6 heteroatoms. The Morgan fingerprint density at radius 3 is 2.50 bits per heavy atom. The van der Waals surface area contributed by atoms with Gasteiger partial charge in [-0.05, 0) is 37.6 Å². The van der Waals surface area contributed by atoms with Crippen LogP contribution in [0.25, 0.3) is 11.3 Å². The Morgan fingerprint density at radius 2 is 1.92 bits per heavy atom. The fourth-order valence-corrected chi connectivity index (χ4v) is 2.20. The highest BCUT2D eigenvalue weighted by Crippen LogP contribution is 2.23. The van der Waals surface area contributed by atoms with Crippen LogP contribution in [0.4, 0.5) is 0 Å². The average Bonchev–Trinajstić information content (AvgIpc) is 3.05. The summed E-state index contributed by atoms with van der Waals surface area (Å²) < 4.78 is 10.8. The molecular weight excluding hydrogens is 330 g/mol. The number of furan rings is 1. The van der Waals surface area contributed by atoms with Crippen LogP contribution in [0.1, 0.15) is 36.4 Å². The highest BCUT2D eigenvalue weighted by molar-refractivity contribution is 5.89. The molecule has 1 unspecified atom stereocenters. The van der Waals surface area contributed by atoms with Gasteiger partial charge in [-0.2, -0.15) is 0 Å². The Bertz CT molecular complexity index is 620. The smallest absolute Gasteiger partial charge is 0.338 e. The van der Waals surface area contributed by atoms with Gasteiger partial charge in [-0.25, -0.2) is 4.79 Å². The number of rotatable bonds is 8. The van der Waals surface area contributed by atoms with E-state index in [-0.39, 0.29) is 31.0 Å². The van der Waals surface area contributed by atoms with E-state index >= 15 is 0 Å². The zero-order valence-corrected chi connectivity index (χ0v) is 14.8. The third-order valence-corrected chi connectivity index (χ3v) is 3.62. The Hall–Kier alpha value is -1.82. The van der Waals surface area contributed by atoms with Crippen LogP contribution in [0.5, 0.6) is 0 Å². The Balaban J connectivity index is 0.00000288. The van der Waals surface area contributed by atoms with Crippen molar-refractivity contribution < 1.29 is 19.1 Å². The summed E-state index contributed by atoms with van der Waals surface area (Å²) in [5.74, 6) is 1.23. The molecule has 1 aromatic carbocycles. The number of nitrogens with one attached hydrogen (secondary N) is 1. The van der Waals surface area contributed by atoms with E-state index in [4.69, 9.17) is 14.3 Å². The summed E-state index contributed by atoms with van der Waals surface area (Å²) in [6.45, 7) is 4.85. The van der Waals surface area contributed by atoms with Crippen molar-refractivity contribution in [1.29, 1.82) is 0 Å².